The highest BCUT2D eigenvalue weighted by Crippen LogP contribution is 2.13. The average molecular weight is 214 g/mol. The maximum atomic E-state index is 4.22. The first-order valence-electron chi connectivity index (χ1n) is 5.85. The number of rotatable bonds is 1. The molecule has 0 atom stereocenters. The van der Waals surface area contributed by atoms with Crippen molar-refractivity contribution in [1.29, 1.82) is 0 Å². The second kappa shape index (κ2) is 9.91. The van der Waals surface area contributed by atoms with Gasteiger partial charge in [0.15, 0.2) is 0 Å². The molecule has 0 aliphatic rings. The van der Waals surface area contributed by atoms with Crippen molar-refractivity contribution >= 4 is 0 Å². The number of nitrogens with zero attached hydrogens (tertiary/aromatic N) is 1. The fraction of sp³-hybridized carbons (Fsp3) is 0.267. The smallest absolute Gasteiger partial charge is 0.0160 e. The average Bonchev–Trinajstić information content (AvgIpc) is 2.45. The molecule has 0 N–H and O–H groups in total. The molecule has 1 aromatic heterocycles. The summed E-state index contributed by atoms with van der Waals surface area (Å²) in [7, 11) is 0. The second-order valence-corrected chi connectivity index (χ2v) is 2.49. The van der Waals surface area contributed by atoms with E-state index in [0.29, 0.717) is 0 Å². The standard InChI is InChI=1S/C11H8N.2C2H6/c1-2-6-10(7-3-1)11-8-4-5-9-12-11;2*1-2/h1-6,8-9H;2*1-2H3/q-1;;. The Morgan fingerprint density at radius 1 is 0.875 bits per heavy atom. The Bertz CT molecular complexity index is 303. The first kappa shape index (κ1) is 14.4. The van der Waals surface area contributed by atoms with Crippen LogP contribution in [0.2, 0.25) is 0 Å². The SMILES string of the molecule is CC.CC.[c-]1ccccc1-c1ccccn1. The van der Waals surface area contributed by atoms with Crippen molar-refractivity contribution in [2.45, 2.75) is 27.7 Å². The predicted molar refractivity (Wildman–Crippen MR) is 71.2 cm³/mol. The normalized spacial score (nSPS) is 8.00. The lowest BCUT2D eigenvalue weighted by Crippen LogP contribution is -1.79. The fourth-order valence-corrected chi connectivity index (χ4v) is 1.07. The van der Waals surface area contributed by atoms with E-state index in [9.17, 15) is 0 Å². The molecule has 1 heterocycles. The van der Waals surface area contributed by atoms with E-state index in [0.717, 1.165) is 11.3 Å². The molecule has 1 heteroatoms. The van der Waals surface area contributed by atoms with Crippen molar-refractivity contribution in [2.75, 3.05) is 0 Å². The first-order chi connectivity index (χ1) is 7.97. The summed E-state index contributed by atoms with van der Waals surface area (Å²) in [4.78, 5) is 4.22. The molecule has 0 saturated carbocycles. The van der Waals surface area contributed by atoms with Gasteiger partial charge in [-0.05, 0) is 11.8 Å². The van der Waals surface area contributed by atoms with E-state index in [4.69, 9.17) is 0 Å². The maximum Gasteiger partial charge on any atom is 0.0160 e. The summed E-state index contributed by atoms with van der Waals surface area (Å²) in [5, 5.41) is 0. The molecule has 0 unspecified atom stereocenters. The molecule has 0 saturated heterocycles. The molecule has 0 radical (unpaired) electrons. The van der Waals surface area contributed by atoms with Gasteiger partial charge < -0.3 is 4.98 Å². The minimum Gasteiger partial charge on any atom is -0.305 e. The van der Waals surface area contributed by atoms with Crippen LogP contribution in [0.5, 0.6) is 0 Å². The van der Waals surface area contributed by atoms with E-state index < -0.39 is 0 Å². The van der Waals surface area contributed by atoms with Crippen LogP contribution in [0.25, 0.3) is 11.3 Å². The minimum atomic E-state index is 0.970. The quantitative estimate of drug-likeness (QED) is 0.632. The Kier molecular flexibility index (Phi) is 8.90. The minimum absolute atomic E-state index is 0.970. The zero-order valence-electron chi connectivity index (χ0n) is 10.6. The number of benzene rings is 1. The Morgan fingerprint density at radius 2 is 1.56 bits per heavy atom. The van der Waals surface area contributed by atoms with Gasteiger partial charge in [0, 0.05) is 6.20 Å². The third-order valence-electron chi connectivity index (χ3n) is 1.65. The third-order valence-corrected chi connectivity index (χ3v) is 1.65. The van der Waals surface area contributed by atoms with Crippen LogP contribution in [0.3, 0.4) is 0 Å². The molecular weight excluding hydrogens is 194 g/mol. The summed E-state index contributed by atoms with van der Waals surface area (Å²) in [5.41, 5.74) is 2.01. The van der Waals surface area contributed by atoms with Crippen LogP contribution >= 0.6 is 0 Å². The van der Waals surface area contributed by atoms with Crippen LogP contribution in [0.1, 0.15) is 27.7 Å². The summed E-state index contributed by atoms with van der Waals surface area (Å²) < 4.78 is 0. The molecule has 0 fully saturated rings. The van der Waals surface area contributed by atoms with Crippen molar-refractivity contribution in [3.05, 3.63) is 54.7 Å². The number of hydrogen-bond acceptors (Lipinski definition) is 1. The van der Waals surface area contributed by atoms with Crippen LogP contribution in [-0.4, -0.2) is 4.98 Å². The largest absolute Gasteiger partial charge is 0.305 e. The van der Waals surface area contributed by atoms with Gasteiger partial charge in [-0.1, -0.05) is 39.8 Å². The highest BCUT2D eigenvalue weighted by Gasteiger charge is 1.85. The van der Waals surface area contributed by atoms with Crippen LogP contribution in [0.4, 0.5) is 0 Å². The summed E-state index contributed by atoms with van der Waals surface area (Å²) in [5.74, 6) is 0. The number of pyridine rings is 1. The van der Waals surface area contributed by atoms with Crippen LogP contribution in [-0.2, 0) is 0 Å². The first-order valence-corrected chi connectivity index (χ1v) is 5.85. The molecule has 2 aromatic rings. The monoisotopic (exact) mass is 214 g/mol. The van der Waals surface area contributed by atoms with E-state index >= 15 is 0 Å². The fourth-order valence-electron chi connectivity index (χ4n) is 1.07. The van der Waals surface area contributed by atoms with E-state index in [2.05, 4.69) is 11.1 Å². The van der Waals surface area contributed by atoms with Gasteiger partial charge in [0.25, 0.3) is 0 Å². The second-order valence-electron chi connectivity index (χ2n) is 2.49. The maximum absolute atomic E-state index is 4.22. The van der Waals surface area contributed by atoms with Crippen molar-refractivity contribution in [2.24, 2.45) is 0 Å². The Hall–Kier alpha value is -1.63. The van der Waals surface area contributed by atoms with Gasteiger partial charge in [-0.2, -0.15) is 0 Å². The highest BCUT2D eigenvalue weighted by molar-refractivity contribution is 5.57. The summed E-state index contributed by atoms with van der Waals surface area (Å²) >= 11 is 0. The topological polar surface area (TPSA) is 12.9 Å². The van der Waals surface area contributed by atoms with Gasteiger partial charge in [-0.25, -0.2) is 0 Å². The molecule has 0 aliphatic heterocycles. The van der Waals surface area contributed by atoms with E-state index in [1.54, 1.807) is 6.20 Å². The third kappa shape index (κ3) is 4.74. The molecule has 0 amide bonds. The van der Waals surface area contributed by atoms with E-state index in [1.165, 1.54) is 0 Å². The van der Waals surface area contributed by atoms with Crippen LogP contribution < -0.4 is 0 Å². The molecular formula is C15H20N-. The lowest BCUT2D eigenvalue weighted by atomic mass is 10.1. The van der Waals surface area contributed by atoms with Gasteiger partial charge in [0.1, 0.15) is 0 Å². The van der Waals surface area contributed by atoms with Crippen molar-refractivity contribution in [1.82, 2.24) is 4.98 Å². The van der Waals surface area contributed by atoms with Crippen LogP contribution in [0, 0.1) is 6.07 Å². The lowest BCUT2D eigenvalue weighted by molar-refractivity contribution is 1.32. The number of aromatic nitrogens is 1. The van der Waals surface area contributed by atoms with Gasteiger partial charge in [0.2, 0.25) is 0 Å². The number of hydrogen-bond donors (Lipinski definition) is 0. The molecule has 0 aliphatic carbocycles. The summed E-state index contributed by atoms with van der Waals surface area (Å²) in [6, 6.07) is 16.8. The molecule has 86 valence electrons. The zero-order chi connectivity index (χ0) is 12.2. The molecule has 2 rings (SSSR count). The molecule has 0 spiro atoms. The Labute approximate surface area is 99.2 Å². The van der Waals surface area contributed by atoms with Gasteiger partial charge >= 0.3 is 0 Å². The predicted octanol–water partition coefficient (Wildman–Crippen LogP) is 4.60. The molecule has 16 heavy (non-hydrogen) atoms. The van der Waals surface area contributed by atoms with Crippen molar-refractivity contribution in [3.63, 3.8) is 0 Å². The molecule has 1 nitrogen and oxygen atoms in total. The molecule has 1 aromatic carbocycles. The lowest BCUT2D eigenvalue weighted by Gasteiger charge is -2.05. The Balaban J connectivity index is 0.000000509. The summed E-state index contributed by atoms with van der Waals surface area (Å²) in [6.07, 6.45) is 1.79. The summed E-state index contributed by atoms with van der Waals surface area (Å²) in [6.45, 7) is 8.00. The van der Waals surface area contributed by atoms with Gasteiger partial charge in [-0.3, -0.25) is 0 Å². The van der Waals surface area contributed by atoms with E-state index in [-0.39, 0.29) is 0 Å². The van der Waals surface area contributed by atoms with Gasteiger partial charge in [0.05, 0.1) is 0 Å². The molecule has 0 bridgehead atoms. The van der Waals surface area contributed by atoms with E-state index in [1.807, 2.05) is 70.2 Å². The van der Waals surface area contributed by atoms with Crippen LogP contribution in [0.15, 0.2) is 48.7 Å². The van der Waals surface area contributed by atoms with Gasteiger partial charge in [-0.15, -0.1) is 35.9 Å². The highest BCUT2D eigenvalue weighted by atomic mass is 14.7. The van der Waals surface area contributed by atoms with Crippen molar-refractivity contribution in [3.8, 4) is 11.3 Å². The van der Waals surface area contributed by atoms with Crippen molar-refractivity contribution < 1.29 is 0 Å². The Morgan fingerprint density at radius 3 is 2.06 bits per heavy atom. The zero-order valence-corrected chi connectivity index (χ0v) is 10.6.